The van der Waals surface area contributed by atoms with Crippen LogP contribution in [0.2, 0.25) is 0 Å². The van der Waals surface area contributed by atoms with Crippen LogP contribution in [0.15, 0.2) is 29.2 Å². The molecule has 16 heavy (non-hydrogen) atoms. The number of benzene rings is 1. The highest BCUT2D eigenvalue weighted by molar-refractivity contribution is 7.90. The molecule has 1 aromatic carbocycles. The van der Waals surface area contributed by atoms with Crippen molar-refractivity contribution < 1.29 is 18.3 Å². The van der Waals surface area contributed by atoms with Crippen LogP contribution in [0.4, 0.5) is 0 Å². The fourth-order valence-corrected chi connectivity index (χ4v) is 2.04. The third kappa shape index (κ3) is 3.04. The molecule has 1 rings (SSSR count). The van der Waals surface area contributed by atoms with E-state index in [0.717, 1.165) is 5.56 Å². The maximum atomic E-state index is 11.6. The Balaban J connectivity index is 2.95. The first kappa shape index (κ1) is 12.7. The molecule has 0 spiro atoms. The van der Waals surface area contributed by atoms with Crippen LogP contribution in [-0.4, -0.2) is 25.5 Å². The van der Waals surface area contributed by atoms with Crippen LogP contribution in [0, 0.1) is 6.92 Å². The van der Waals surface area contributed by atoms with Gasteiger partial charge in [0.25, 0.3) is 15.9 Å². The number of sulfonamides is 1. The Morgan fingerprint density at radius 1 is 1.31 bits per heavy atom. The number of hydrogen-bond donors (Lipinski definition) is 2. The standard InChI is InChI=1S/C10H13NO4S/c1-7-3-5-9(6-4-7)16(14,15)11-10(13)8(2)12/h3-6,8,12H,1-2H3,(H,11,13)/t8-/m1/s1. The van der Waals surface area contributed by atoms with Gasteiger partial charge in [0.15, 0.2) is 0 Å². The van der Waals surface area contributed by atoms with Crippen LogP contribution in [0.3, 0.4) is 0 Å². The topological polar surface area (TPSA) is 83.5 Å². The highest BCUT2D eigenvalue weighted by Crippen LogP contribution is 2.09. The van der Waals surface area contributed by atoms with Gasteiger partial charge in [0.2, 0.25) is 0 Å². The smallest absolute Gasteiger partial charge is 0.264 e. The quantitative estimate of drug-likeness (QED) is 0.793. The maximum Gasteiger partial charge on any atom is 0.264 e. The molecule has 0 saturated carbocycles. The summed E-state index contributed by atoms with van der Waals surface area (Å²) in [5, 5.41) is 8.90. The molecule has 0 radical (unpaired) electrons. The average Bonchev–Trinajstić information content (AvgIpc) is 2.17. The molecule has 0 saturated heterocycles. The van der Waals surface area contributed by atoms with Crippen molar-refractivity contribution in [3.63, 3.8) is 0 Å². The number of rotatable bonds is 3. The second-order valence-corrected chi connectivity index (χ2v) is 5.14. The lowest BCUT2D eigenvalue weighted by molar-refractivity contribution is -0.126. The average molecular weight is 243 g/mol. The molecule has 0 bridgehead atoms. The van der Waals surface area contributed by atoms with Gasteiger partial charge in [-0.3, -0.25) is 4.79 Å². The van der Waals surface area contributed by atoms with E-state index in [-0.39, 0.29) is 4.90 Å². The summed E-state index contributed by atoms with van der Waals surface area (Å²) in [7, 11) is -3.88. The van der Waals surface area contributed by atoms with E-state index in [1.165, 1.54) is 19.1 Å². The molecule has 1 aromatic rings. The van der Waals surface area contributed by atoms with Crippen molar-refractivity contribution in [3.05, 3.63) is 29.8 Å². The Morgan fingerprint density at radius 3 is 2.25 bits per heavy atom. The summed E-state index contributed by atoms with van der Waals surface area (Å²) in [6.45, 7) is 3.02. The lowest BCUT2D eigenvalue weighted by Crippen LogP contribution is -2.37. The first-order valence-corrected chi connectivity index (χ1v) is 6.12. The molecule has 0 unspecified atom stereocenters. The molecule has 0 aliphatic heterocycles. The minimum atomic E-state index is -3.88. The molecule has 1 amide bonds. The maximum absolute atomic E-state index is 11.6. The Hall–Kier alpha value is -1.40. The number of aliphatic hydroxyl groups is 1. The zero-order valence-electron chi connectivity index (χ0n) is 8.97. The number of aryl methyl sites for hydroxylation is 1. The van der Waals surface area contributed by atoms with E-state index in [9.17, 15) is 13.2 Å². The number of amides is 1. The number of carbonyl (C=O) groups is 1. The highest BCUT2D eigenvalue weighted by atomic mass is 32.2. The third-order valence-electron chi connectivity index (χ3n) is 1.95. The lowest BCUT2D eigenvalue weighted by atomic mass is 10.2. The number of nitrogens with one attached hydrogen (secondary N) is 1. The SMILES string of the molecule is Cc1ccc(S(=O)(=O)NC(=O)[C@@H](C)O)cc1. The summed E-state index contributed by atoms with van der Waals surface area (Å²) >= 11 is 0. The molecule has 6 heteroatoms. The minimum Gasteiger partial charge on any atom is -0.384 e. The minimum absolute atomic E-state index is 0.00731. The molecule has 0 heterocycles. The molecule has 2 N–H and O–H groups in total. The van der Waals surface area contributed by atoms with Crippen LogP contribution < -0.4 is 4.72 Å². The van der Waals surface area contributed by atoms with Gasteiger partial charge in [-0.1, -0.05) is 17.7 Å². The van der Waals surface area contributed by atoms with Crippen LogP contribution >= 0.6 is 0 Å². The Bertz CT molecular complexity index is 476. The van der Waals surface area contributed by atoms with Gasteiger partial charge in [-0.2, -0.15) is 0 Å². The van der Waals surface area contributed by atoms with Gasteiger partial charge in [0.05, 0.1) is 4.90 Å². The number of aliphatic hydroxyl groups excluding tert-OH is 1. The van der Waals surface area contributed by atoms with Crippen molar-refractivity contribution in [2.75, 3.05) is 0 Å². The van der Waals surface area contributed by atoms with Crippen molar-refractivity contribution in [1.29, 1.82) is 0 Å². The molecule has 0 aromatic heterocycles. The lowest BCUT2D eigenvalue weighted by Gasteiger charge is -2.08. The zero-order valence-corrected chi connectivity index (χ0v) is 9.78. The predicted octanol–water partition coefficient (Wildman–Crippen LogP) is 0.181. The van der Waals surface area contributed by atoms with Gasteiger partial charge in [-0.25, -0.2) is 13.1 Å². The van der Waals surface area contributed by atoms with E-state index in [1.807, 2.05) is 6.92 Å². The summed E-state index contributed by atoms with van der Waals surface area (Å²) < 4.78 is 25.0. The van der Waals surface area contributed by atoms with Gasteiger partial charge in [0.1, 0.15) is 6.10 Å². The normalized spacial score (nSPS) is 13.2. The monoisotopic (exact) mass is 243 g/mol. The Labute approximate surface area is 94.2 Å². The van der Waals surface area contributed by atoms with Crippen molar-refractivity contribution in [1.82, 2.24) is 4.72 Å². The predicted molar refractivity (Wildman–Crippen MR) is 58.2 cm³/mol. The molecule has 0 aliphatic carbocycles. The van der Waals surface area contributed by atoms with Gasteiger partial charge >= 0.3 is 0 Å². The Morgan fingerprint density at radius 2 is 1.81 bits per heavy atom. The first-order chi connectivity index (χ1) is 7.33. The summed E-state index contributed by atoms with van der Waals surface area (Å²) in [5.41, 5.74) is 0.917. The van der Waals surface area contributed by atoms with E-state index >= 15 is 0 Å². The van der Waals surface area contributed by atoms with Crippen molar-refractivity contribution >= 4 is 15.9 Å². The fraction of sp³-hybridized carbons (Fsp3) is 0.300. The summed E-state index contributed by atoms with van der Waals surface area (Å²) in [5.74, 6) is -0.944. The van der Waals surface area contributed by atoms with E-state index in [2.05, 4.69) is 0 Å². The summed E-state index contributed by atoms with van der Waals surface area (Å²) in [4.78, 5) is 11.1. The number of carbonyl (C=O) groups excluding carboxylic acids is 1. The highest BCUT2D eigenvalue weighted by Gasteiger charge is 2.19. The van der Waals surface area contributed by atoms with Crippen molar-refractivity contribution in [3.8, 4) is 0 Å². The Kier molecular flexibility index (Phi) is 3.66. The van der Waals surface area contributed by atoms with Gasteiger partial charge in [0, 0.05) is 0 Å². The molecule has 88 valence electrons. The van der Waals surface area contributed by atoms with Gasteiger partial charge in [-0.05, 0) is 26.0 Å². The largest absolute Gasteiger partial charge is 0.384 e. The summed E-state index contributed by atoms with van der Waals surface area (Å²) in [6.07, 6.45) is -1.36. The molecule has 0 fully saturated rings. The molecule has 5 nitrogen and oxygen atoms in total. The van der Waals surface area contributed by atoms with Gasteiger partial charge < -0.3 is 5.11 Å². The van der Waals surface area contributed by atoms with E-state index < -0.39 is 22.0 Å². The number of hydrogen-bond acceptors (Lipinski definition) is 4. The van der Waals surface area contributed by atoms with E-state index in [4.69, 9.17) is 5.11 Å². The molecular formula is C10H13NO4S. The molecule has 0 aliphatic rings. The fourth-order valence-electron chi connectivity index (χ4n) is 0.994. The van der Waals surface area contributed by atoms with Crippen LogP contribution in [0.25, 0.3) is 0 Å². The zero-order chi connectivity index (χ0) is 12.3. The van der Waals surface area contributed by atoms with Crippen LogP contribution in [0.5, 0.6) is 0 Å². The molecular weight excluding hydrogens is 230 g/mol. The van der Waals surface area contributed by atoms with Gasteiger partial charge in [-0.15, -0.1) is 0 Å². The molecule has 1 atom stereocenters. The van der Waals surface area contributed by atoms with Crippen molar-refractivity contribution in [2.45, 2.75) is 24.8 Å². The second kappa shape index (κ2) is 4.63. The summed E-state index contributed by atoms with van der Waals surface area (Å²) in [6, 6.07) is 6.04. The van der Waals surface area contributed by atoms with E-state index in [1.54, 1.807) is 16.9 Å². The van der Waals surface area contributed by atoms with Crippen LogP contribution in [0.1, 0.15) is 12.5 Å². The van der Waals surface area contributed by atoms with Crippen LogP contribution in [-0.2, 0) is 14.8 Å². The first-order valence-electron chi connectivity index (χ1n) is 4.64. The third-order valence-corrected chi connectivity index (χ3v) is 3.31. The van der Waals surface area contributed by atoms with Crippen molar-refractivity contribution in [2.24, 2.45) is 0 Å². The van der Waals surface area contributed by atoms with E-state index in [0.29, 0.717) is 0 Å². The second-order valence-electron chi connectivity index (χ2n) is 3.46.